The van der Waals surface area contributed by atoms with Crippen LogP contribution in [0, 0.1) is 12.7 Å². The Hall–Kier alpha value is -2.00. The van der Waals surface area contributed by atoms with E-state index in [0.717, 1.165) is 26.7 Å². The van der Waals surface area contributed by atoms with Gasteiger partial charge in [-0.3, -0.25) is 0 Å². The smallest absolute Gasteiger partial charge is 0.123 e. The molecule has 3 aromatic rings. The second-order valence-corrected chi connectivity index (χ2v) is 5.49. The number of aryl methyl sites for hydroxylation is 1. The summed E-state index contributed by atoms with van der Waals surface area (Å²) in [6, 6.07) is 16.6. The lowest BCUT2D eigenvalue weighted by Gasteiger charge is -2.02. The average Bonchev–Trinajstić information content (AvgIpc) is 2.83. The Bertz CT molecular complexity index is 687. The summed E-state index contributed by atoms with van der Waals surface area (Å²) in [7, 11) is 0. The number of aromatic nitrogens is 1. The first kappa shape index (κ1) is 12.1. The first-order chi connectivity index (χ1) is 9.24. The Morgan fingerprint density at radius 1 is 0.895 bits per heavy atom. The van der Waals surface area contributed by atoms with Gasteiger partial charge in [0.2, 0.25) is 0 Å². The number of hydrogen-bond acceptors (Lipinski definition) is 2. The lowest BCUT2D eigenvalue weighted by molar-refractivity contribution is 0.628. The molecule has 1 aromatic heterocycles. The summed E-state index contributed by atoms with van der Waals surface area (Å²) in [5.41, 5.74) is 3.06. The van der Waals surface area contributed by atoms with Crippen molar-refractivity contribution in [2.75, 3.05) is 0 Å². The molecule has 2 aromatic carbocycles. The highest BCUT2D eigenvalue weighted by atomic mass is 32.1. The van der Waals surface area contributed by atoms with Crippen molar-refractivity contribution in [3.05, 3.63) is 65.4 Å². The monoisotopic (exact) mass is 269 g/mol. The van der Waals surface area contributed by atoms with Crippen LogP contribution in [0.15, 0.2) is 54.6 Å². The molecule has 0 unspecified atom stereocenters. The molecule has 0 spiro atoms. The number of benzene rings is 2. The highest BCUT2D eigenvalue weighted by Gasteiger charge is 2.12. The molecule has 0 amide bonds. The van der Waals surface area contributed by atoms with Crippen LogP contribution in [0.1, 0.15) is 5.01 Å². The third kappa shape index (κ3) is 2.42. The van der Waals surface area contributed by atoms with E-state index in [1.54, 1.807) is 23.5 Å². The van der Waals surface area contributed by atoms with Gasteiger partial charge in [-0.15, -0.1) is 11.3 Å². The summed E-state index contributed by atoms with van der Waals surface area (Å²) < 4.78 is 13.0. The van der Waals surface area contributed by atoms with Crippen molar-refractivity contribution < 1.29 is 4.39 Å². The highest BCUT2D eigenvalue weighted by molar-refractivity contribution is 7.15. The van der Waals surface area contributed by atoms with E-state index in [1.165, 1.54) is 12.1 Å². The van der Waals surface area contributed by atoms with Gasteiger partial charge in [0.1, 0.15) is 5.82 Å². The molecule has 1 heterocycles. The van der Waals surface area contributed by atoms with Crippen LogP contribution < -0.4 is 0 Å². The second-order valence-electron chi connectivity index (χ2n) is 4.28. The lowest BCUT2D eigenvalue weighted by Crippen LogP contribution is -1.82. The summed E-state index contributed by atoms with van der Waals surface area (Å²) in [5.74, 6) is -0.216. The molecule has 19 heavy (non-hydrogen) atoms. The van der Waals surface area contributed by atoms with E-state index in [-0.39, 0.29) is 5.82 Å². The predicted octanol–water partition coefficient (Wildman–Crippen LogP) is 4.92. The van der Waals surface area contributed by atoms with Crippen LogP contribution in [0.4, 0.5) is 4.39 Å². The SMILES string of the molecule is Cc1nc(-c2ccccc2)c(-c2ccc(F)cc2)s1. The Morgan fingerprint density at radius 3 is 2.26 bits per heavy atom. The normalized spacial score (nSPS) is 10.6. The molecular formula is C16H12FNS. The molecule has 0 saturated carbocycles. The molecule has 3 rings (SSSR count). The van der Waals surface area contributed by atoms with Gasteiger partial charge in [0.05, 0.1) is 15.6 Å². The van der Waals surface area contributed by atoms with Gasteiger partial charge in [-0.1, -0.05) is 42.5 Å². The molecule has 0 aliphatic rings. The molecule has 1 nitrogen and oxygen atoms in total. The summed E-state index contributed by atoms with van der Waals surface area (Å²) in [5, 5.41) is 1.01. The molecule has 0 saturated heterocycles. The minimum atomic E-state index is -0.216. The fourth-order valence-electron chi connectivity index (χ4n) is 2.02. The molecule has 0 aliphatic carbocycles. The molecule has 94 valence electrons. The lowest BCUT2D eigenvalue weighted by atomic mass is 10.1. The van der Waals surface area contributed by atoms with Gasteiger partial charge >= 0.3 is 0 Å². The van der Waals surface area contributed by atoms with Gasteiger partial charge in [-0.2, -0.15) is 0 Å². The number of hydrogen-bond donors (Lipinski definition) is 0. The van der Waals surface area contributed by atoms with Gasteiger partial charge in [0.15, 0.2) is 0 Å². The third-order valence-corrected chi connectivity index (χ3v) is 3.91. The zero-order chi connectivity index (χ0) is 13.2. The first-order valence-corrected chi connectivity index (χ1v) is 6.84. The Kier molecular flexibility index (Phi) is 3.13. The first-order valence-electron chi connectivity index (χ1n) is 6.03. The van der Waals surface area contributed by atoms with Crippen molar-refractivity contribution >= 4 is 11.3 Å². The van der Waals surface area contributed by atoms with Gasteiger partial charge < -0.3 is 0 Å². The summed E-state index contributed by atoms with van der Waals surface area (Å²) in [6.07, 6.45) is 0. The van der Waals surface area contributed by atoms with Crippen LogP contribution in [-0.2, 0) is 0 Å². The van der Waals surface area contributed by atoms with E-state index in [0.29, 0.717) is 0 Å². The van der Waals surface area contributed by atoms with Gasteiger partial charge in [0.25, 0.3) is 0 Å². The van der Waals surface area contributed by atoms with Crippen LogP contribution in [0.2, 0.25) is 0 Å². The predicted molar refractivity (Wildman–Crippen MR) is 77.7 cm³/mol. The topological polar surface area (TPSA) is 12.9 Å². The number of nitrogens with zero attached hydrogens (tertiary/aromatic N) is 1. The Labute approximate surface area is 115 Å². The molecule has 0 fully saturated rings. The van der Waals surface area contributed by atoms with Crippen molar-refractivity contribution in [2.45, 2.75) is 6.92 Å². The number of thiazole rings is 1. The van der Waals surface area contributed by atoms with E-state index >= 15 is 0 Å². The zero-order valence-corrected chi connectivity index (χ0v) is 11.2. The standard InChI is InChI=1S/C16H12FNS/c1-11-18-15(12-5-3-2-4-6-12)16(19-11)13-7-9-14(17)10-8-13/h2-10H,1H3. The summed E-state index contributed by atoms with van der Waals surface area (Å²) >= 11 is 1.63. The van der Waals surface area contributed by atoms with Crippen LogP contribution in [0.5, 0.6) is 0 Å². The van der Waals surface area contributed by atoms with Crippen molar-refractivity contribution in [1.29, 1.82) is 0 Å². The number of halogens is 1. The quantitative estimate of drug-likeness (QED) is 0.643. The van der Waals surface area contributed by atoms with Gasteiger partial charge in [-0.25, -0.2) is 9.37 Å². The van der Waals surface area contributed by atoms with E-state index in [1.807, 2.05) is 37.3 Å². The highest BCUT2D eigenvalue weighted by Crippen LogP contribution is 2.36. The average molecular weight is 269 g/mol. The Balaban J connectivity index is 2.15. The largest absolute Gasteiger partial charge is 0.241 e. The molecule has 3 heteroatoms. The molecule has 0 radical (unpaired) electrons. The van der Waals surface area contributed by atoms with Crippen LogP contribution in [0.3, 0.4) is 0 Å². The minimum absolute atomic E-state index is 0.216. The maximum Gasteiger partial charge on any atom is 0.123 e. The van der Waals surface area contributed by atoms with E-state index < -0.39 is 0 Å². The number of rotatable bonds is 2. The fraction of sp³-hybridized carbons (Fsp3) is 0.0625. The van der Waals surface area contributed by atoms with Crippen LogP contribution >= 0.6 is 11.3 Å². The third-order valence-electron chi connectivity index (χ3n) is 2.89. The molecule has 0 N–H and O–H groups in total. The fourth-order valence-corrected chi connectivity index (χ4v) is 2.96. The van der Waals surface area contributed by atoms with Gasteiger partial charge in [-0.05, 0) is 24.6 Å². The Morgan fingerprint density at radius 2 is 1.58 bits per heavy atom. The van der Waals surface area contributed by atoms with Crippen LogP contribution in [0.25, 0.3) is 21.7 Å². The molecule has 0 aliphatic heterocycles. The van der Waals surface area contributed by atoms with Gasteiger partial charge in [0, 0.05) is 5.56 Å². The van der Waals surface area contributed by atoms with Crippen molar-refractivity contribution in [1.82, 2.24) is 4.98 Å². The van der Waals surface area contributed by atoms with E-state index in [9.17, 15) is 4.39 Å². The van der Waals surface area contributed by atoms with E-state index in [2.05, 4.69) is 4.98 Å². The molecule has 0 atom stereocenters. The van der Waals surface area contributed by atoms with Crippen molar-refractivity contribution in [3.63, 3.8) is 0 Å². The summed E-state index contributed by atoms with van der Waals surface area (Å²) in [6.45, 7) is 1.99. The van der Waals surface area contributed by atoms with E-state index in [4.69, 9.17) is 0 Å². The second kappa shape index (κ2) is 4.94. The van der Waals surface area contributed by atoms with Crippen molar-refractivity contribution in [2.24, 2.45) is 0 Å². The molecular weight excluding hydrogens is 257 g/mol. The maximum atomic E-state index is 13.0. The maximum absolute atomic E-state index is 13.0. The van der Waals surface area contributed by atoms with Crippen LogP contribution in [-0.4, -0.2) is 4.98 Å². The summed E-state index contributed by atoms with van der Waals surface area (Å²) in [4.78, 5) is 5.69. The minimum Gasteiger partial charge on any atom is -0.241 e. The molecule has 0 bridgehead atoms. The zero-order valence-electron chi connectivity index (χ0n) is 10.4. The van der Waals surface area contributed by atoms with Crippen molar-refractivity contribution in [3.8, 4) is 21.7 Å².